The average molecular weight is 639 g/mol. The van der Waals surface area contributed by atoms with E-state index in [0.29, 0.717) is 11.9 Å². The number of alkyl halides is 2. The molecule has 0 saturated heterocycles. The third kappa shape index (κ3) is 4.82. The van der Waals surface area contributed by atoms with Gasteiger partial charge in [-0.3, -0.25) is 4.79 Å². The molecule has 0 unspecified atom stereocenters. The normalized spacial score (nSPS) is 22.6. The Kier molecular flexibility index (Phi) is 6.87. The number of carbonyl (C=O) groups excluding carboxylic acids is 1. The second-order valence-corrected chi connectivity index (χ2v) is 13.5. The van der Waals surface area contributed by atoms with E-state index in [1.807, 2.05) is 6.92 Å². The fraction of sp³-hybridized carbons (Fsp3) is 0.355. The summed E-state index contributed by atoms with van der Waals surface area (Å²) in [6, 6.07) is 10.2. The van der Waals surface area contributed by atoms with Crippen LogP contribution in [0.5, 0.6) is 0 Å². The molecule has 234 valence electrons. The van der Waals surface area contributed by atoms with E-state index in [0.717, 1.165) is 21.8 Å². The lowest BCUT2D eigenvalue weighted by Gasteiger charge is -2.51. The molecule has 4 heterocycles. The molecule has 1 N–H and O–H groups in total. The van der Waals surface area contributed by atoms with Gasteiger partial charge in [0.2, 0.25) is 0 Å². The first-order valence-corrected chi connectivity index (χ1v) is 16.1. The van der Waals surface area contributed by atoms with E-state index in [1.54, 1.807) is 37.4 Å². The van der Waals surface area contributed by atoms with E-state index in [9.17, 15) is 17.6 Å². The molecule has 0 amide bonds. The van der Waals surface area contributed by atoms with Crippen molar-refractivity contribution in [2.75, 3.05) is 11.9 Å². The average Bonchev–Trinajstić information content (AvgIpc) is 3.63. The molecule has 2 bridgehead atoms. The zero-order valence-electron chi connectivity index (χ0n) is 24.3. The van der Waals surface area contributed by atoms with Crippen LogP contribution < -0.4 is 5.32 Å². The molecule has 8 rings (SSSR count). The summed E-state index contributed by atoms with van der Waals surface area (Å²) in [4.78, 5) is 21.9. The number of rotatable bonds is 7. The number of nitrogens with zero attached hydrogens (tertiary/aromatic N) is 5. The molecule has 0 spiro atoms. The van der Waals surface area contributed by atoms with Gasteiger partial charge in [-0.2, -0.15) is 0 Å². The topological polar surface area (TPSA) is 120 Å². The van der Waals surface area contributed by atoms with Crippen LogP contribution in [0, 0.1) is 30.5 Å². The van der Waals surface area contributed by atoms with Crippen LogP contribution in [0.25, 0.3) is 27.9 Å². The summed E-state index contributed by atoms with van der Waals surface area (Å²) in [6.45, 7) is 3.53. The molecule has 4 aromatic heterocycles. The second-order valence-electron chi connectivity index (χ2n) is 11.7. The van der Waals surface area contributed by atoms with E-state index in [4.69, 9.17) is 9.72 Å². The van der Waals surface area contributed by atoms with Gasteiger partial charge >= 0.3 is 5.97 Å². The van der Waals surface area contributed by atoms with Gasteiger partial charge in [0, 0.05) is 41.7 Å². The largest absolute Gasteiger partial charge is 0.466 e. The third-order valence-electron chi connectivity index (χ3n) is 8.90. The second kappa shape index (κ2) is 10.6. The zero-order chi connectivity index (χ0) is 31.7. The van der Waals surface area contributed by atoms with Gasteiger partial charge in [0.1, 0.15) is 11.3 Å². The number of halogens is 3. The van der Waals surface area contributed by atoms with Crippen molar-refractivity contribution in [3.63, 3.8) is 0 Å². The standard InChI is InChI=1S/C31H29F3N6O4S/c1-3-44-30(41)25-23-11-8-18(14-31(23,33)34)26(25)36-28-24-5-4-12-39(24)38-27(37-28)22-16-40(29-21(22)13-19(32)15-35-29)45(42,43)20-9-6-17(2)7-10-20/h4-7,9-10,12-13,15-16,18,23,25-26H,3,8,11,14H2,1-2H3,(H,36,37,38)/t18-,23-,25+,26+/m1/s1. The van der Waals surface area contributed by atoms with Crippen molar-refractivity contribution < 1.29 is 31.1 Å². The number of esters is 1. The van der Waals surface area contributed by atoms with Gasteiger partial charge in [-0.25, -0.2) is 40.0 Å². The maximum Gasteiger partial charge on any atom is 0.311 e. The number of aromatic nitrogens is 5. The molecule has 0 radical (unpaired) electrons. The number of fused-ring (bicyclic) bond motifs is 5. The number of hydrogen-bond donors (Lipinski definition) is 1. The van der Waals surface area contributed by atoms with Crippen molar-refractivity contribution in [3.8, 4) is 11.4 Å². The van der Waals surface area contributed by atoms with Crippen LogP contribution in [0.1, 0.15) is 31.7 Å². The van der Waals surface area contributed by atoms with E-state index in [-0.39, 0.29) is 52.6 Å². The highest BCUT2D eigenvalue weighted by atomic mass is 32.2. The Bertz CT molecular complexity index is 2060. The predicted octanol–water partition coefficient (Wildman–Crippen LogP) is 5.46. The van der Waals surface area contributed by atoms with Crippen LogP contribution in [0.15, 0.2) is 66.0 Å². The van der Waals surface area contributed by atoms with E-state index < -0.39 is 51.5 Å². The van der Waals surface area contributed by atoms with E-state index >= 15 is 8.78 Å². The molecule has 45 heavy (non-hydrogen) atoms. The minimum atomic E-state index is -4.15. The summed E-state index contributed by atoms with van der Waals surface area (Å²) in [7, 11) is -4.15. The summed E-state index contributed by atoms with van der Waals surface area (Å²) >= 11 is 0. The van der Waals surface area contributed by atoms with Gasteiger partial charge in [-0.1, -0.05) is 17.7 Å². The van der Waals surface area contributed by atoms with Crippen molar-refractivity contribution in [2.45, 2.75) is 50.0 Å². The van der Waals surface area contributed by atoms with Crippen LogP contribution in [-0.2, 0) is 19.6 Å². The predicted molar refractivity (Wildman–Crippen MR) is 159 cm³/mol. The number of nitrogens with one attached hydrogen (secondary N) is 1. The van der Waals surface area contributed by atoms with Gasteiger partial charge in [-0.15, -0.1) is 5.10 Å². The Hall–Kier alpha value is -4.46. The van der Waals surface area contributed by atoms with Crippen molar-refractivity contribution in [1.82, 2.24) is 23.6 Å². The molecule has 4 atom stereocenters. The molecule has 3 aliphatic rings. The maximum absolute atomic E-state index is 15.0. The van der Waals surface area contributed by atoms with Gasteiger partial charge in [0.25, 0.3) is 15.9 Å². The van der Waals surface area contributed by atoms with Gasteiger partial charge in [-0.05, 0) is 62.9 Å². The van der Waals surface area contributed by atoms with Crippen molar-refractivity contribution in [2.24, 2.45) is 17.8 Å². The molecule has 3 fully saturated rings. The highest BCUT2D eigenvalue weighted by Crippen LogP contribution is 2.54. The van der Waals surface area contributed by atoms with Gasteiger partial charge < -0.3 is 10.1 Å². The minimum Gasteiger partial charge on any atom is -0.466 e. The first-order valence-electron chi connectivity index (χ1n) is 14.6. The Morgan fingerprint density at radius 2 is 1.96 bits per heavy atom. The van der Waals surface area contributed by atoms with Crippen LogP contribution in [0.4, 0.5) is 19.0 Å². The first-order chi connectivity index (χ1) is 21.5. The van der Waals surface area contributed by atoms with Crippen LogP contribution in [0.2, 0.25) is 0 Å². The molecule has 10 nitrogen and oxygen atoms in total. The lowest BCUT2D eigenvalue weighted by molar-refractivity contribution is -0.186. The summed E-state index contributed by atoms with van der Waals surface area (Å²) in [5.41, 5.74) is 1.55. The lowest BCUT2D eigenvalue weighted by Crippen LogP contribution is -2.59. The molecular weight excluding hydrogens is 609 g/mol. The van der Waals surface area contributed by atoms with Crippen molar-refractivity contribution >= 4 is 38.4 Å². The summed E-state index contributed by atoms with van der Waals surface area (Å²) in [5, 5.41) is 8.01. The zero-order valence-corrected chi connectivity index (χ0v) is 25.1. The number of carbonyl (C=O) groups is 1. The number of pyridine rings is 1. The highest BCUT2D eigenvalue weighted by Gasteiger charge is 2.60. The molecule has 3 aliphatic carbocycles. The maximum atomic E-state index is 15.0. The van der Waals surface area contributed by atoms with E-state index in [2.05, 4.69) is 15.4 Å². The SMILES string of the molecule is CCOC(=O)[C@@H]1[C@@H](Nc2nc(-c3cn(S(=O)(=O)c4ccc(C)cc4)c4ncc(F)cc34)nn3cccc23)[C@@H]2CC[C@H]1C(F)(F)C2. The molecule has 0 aliphatic heterocycles. The first kappa shape index (κ1) is 29.3. The molecule has 3 saturated carbocycles. The van der Waals surface area contributed by atoms with Crippen LogP contribution in [-0.4, -0.2) is 56.5 Å². The molecule has 14 heteroatoms. The fourth-order valence-corrected chi connectivity index (χ4v) is 8.13. The van der Waals surface area contributed by atoms with Crippen molar-refractivity contribution in [1.29, 1.82) is 0 Å². The van der Waals surface area contributed by atoms with Gasteiger partial charge in [0.05, 0.1) is 23.6 Å². The minimum absolute atomic E-state index is 0.0148. The number of ether oxygens (including phenoxy) is 1. The molecule has 1 aromatic carbocycles. The Morgan fingerprint density at radius 1 is 1.18 bits per heavy atom. The third-order valence-corrected chi connectivity index (χ3v) is 10.6. The number of anilines is 1. The quantitative estimate of drug-likeness (QED) is 0.234. The summed E-state index contributed by atoms with van der Waals surface area (Å²) in [6.07, 6.45) is 4.23. The lowest BCUT2D eigenvalue weighted by atomic mass is 9.59. The smallest absolute Gasteiger partial charge is 0.311 e. The number of aryl methyl sites for hydroxylation is 1. The summed E-state index contributed by atoms with van der Waals surface area (Å²) in [5.74, 6) is -6.87. The Morgan fingerprint density at radius 3 is 2.69 bits per heavy atom. The van der Waals surface area contributed by atoms with Crippen LogP contribution >= 0.6 is 0 Å². The van der Waals surface area contributed by atoms with Crippen LogP contribution in [0.3, 0.4) is 0 Å². The number of hydrogen-bond acceptors (Lipinski definition) is 8. The van der Waals surface area contributed by atoms with Crippen molar-refractivity contribution in [3.05, 3.63) is 72.4 Å². The number of benzene rings is 1. The van der Waals surface area contributed by atoms with Gasteiger partial charge in [0.15, 0.2) is 17.3 Å². The highest BCUT2D eigenvalue weighted by molar-refractivity contribution is 7.90. The molecular formula is C31H29F3N6O4S. The Balaban J connectivity index is 1.36. The fourth-order valence-electron chi connectivity index (χ4n) is 6.81. The molecule has 5 aromatic rings. The van der Waals surface area contributed by atoms with E-state index in [1.165, 1.54) is 22.8 Å². The summed E-state index contributed by atoms with van der Waals surface area (Å²) < 4.78 is 79.8. The monoisotopic (exact) mass is 638 g/mol. The Labute approximate surface area is 256 Å².